The first kappa shape index (κ1) is 20.0. The Labute approximate surface area is 176 Å². The smallest absolute Gasteiger partial charge is 0.140 e. The maximum absolute atomic E-state index is 8.03. The molecular formula is C22H28N8. The molecule has 0 aliphatic carbocycles. The number of pyridine rings is 1. The Kier molecular flexibility index (Phi) is 5.50. The van der Waals surface area contributed by atoms with Crippen LogP contribution in [-0.4, -0.2) is 58.8 Å². The van der Waals surface area contributed by atoms with Crippen molar-refractivity contribution < 1.29 is 0 Å². The zero-order valence-electron chi connectivity index (χ0n) is 17.7. The van der Waals surface area contributed by atoms with Crippen molar-refractivity contribution in [2.75, 3.05) is 49.2 Å². The van der Waals surface area contributed by atoms with E-state index in [0.717, 1.165) is 48.5 Å². The Bertz CT molecular complexity index is 1090. The van der Waals surface area contributed by atoms with E-state index in [1.807, 2.05) is 0 Å². The van der Waals surface area contributed by atoms with Crippen LogP contribution < -0.4 is 16.0 Å². The van der Waals surface area contributed by atoms with Crippen LogP contribution in [0, 0.1) is 12.3 Å². The van der Waals surface area contributed by atoms with E-state index in [9.17, 15) is 0 Å². The van der Waals surface area contributed by atoms with E-state index in [1.54, 1.807) is 6.92 Å². The quantitative estimate of drug-likeness (QED) is 0.561. The molecule has 1 saturated heterocycles. The molecular weight excluding hydrogens is 376 g/mol. The third-order valence-electron chi connectivity index (χ3n) is 5.60. The summed E-state index contributed by atoms with van der Waals surface area (Å²) in [4.78, 5) is 18.1. The van der Waals surface area contributed by atoms with Crippen LogP contribution in [0.2, 0.25) is 0 Å². The molecule has 1 aliphatic rings. The van der Waals surface area contributed by atoms with Gasteiger partial charge < -0.3 is 26.3 Å². The van der Waals surface area contributed by atoms with E-state index >= 15 is 0 Å². The van der Waals surface area contributed by atoms with E-state index in [4.69, 9.17) is 16.1 Å². The summed E-state index contributed by atoms with van der Waals surface area (Å²) in [5.74, 6) is 1.89. The number of rotatable bonds is 5. The first-order chi connectivity index (χ1) is 14.4. The Morgan fingerprint density at radius 1 is 1.20 bits per heavy atom. The number of likely N-dealkylation sites (N-methyl/N-ethyl adjacent to an activating group) is 1. The minimum Gasteiger partial charge on any atom is -0.383 e. The van der Waals surface area contributed by atoms with Crippen molar-refractivity contribution in [2.24, 2.45) is 0 Å². The van der Waals surface area contributed by atoms with Crippen LogP contribution in [0.1, 0.15) is 23.6 Å². The first-order valence-electron chi connectivity index (χ1n) is 10.2. The summed E-state index contributed by atoms with van der Waals surface area (Å²) in [5, 5.41) is 12.5. The van der Waals surface area contributed by atoms with Crippen molar-refractivity contribution in [3.05, 3.63) is 47.3 Å². The lowest BCUT2D eigenvalue weighted by atomic mass is 10.1. The molecule has 8 heteroatoms. The fraction of sp³-hybridized carbons (Fsp3) is 0.364. The number of hydrogen-bond donors (Lipinski definition) is 3. The molecule has 0 atom stereocenters. The molecule has 8 nitrogen and oxygen atoms in total. The highest BCUT2D eigenvalue weighted by Gasteiger charge is 2.20. The van der Waals surface area contributed by atoms with E-state index in [0.29, 0.717) is 29.5 Å². The molecule has 0 spiro atoms. The zero-order valence-corrected chi connectivity index (χ0v) is 17.7. The number of benzene rings is 1. The lowest BCUT2D eigenvalue weighted by molar-refractivity contribution is 0.312. The number of para-hydroxylation sites is 1. The standard InChI is InChI=1S/C22H28N8/c1-14-5-4-6-16-11-17(12-25-21-18(15(2)23)20(24)26-13-27-21)22(28-19(14)16)30-9-7-29(3)8-10-30/h4-6,11,13,23H,7-10,12H2,1-3H3,(H3,24,25,26,27). The SMILES string of the molecule is CC(=N)c1c(N)ncnc1NCc1cc2cccc(C)c2nc1N1CCN(C)CC1. The van der Waals surface area contributed by atoms with Crippen molar-refractivity contribution in [2.45, 2.75) is 20.4 Å². The van der Waals surface area contributed by atoms with Crippen molar-refractivity contribution in [3.8, 4) is 0 Å². The van der Waals surface area contributed by atoms with Gasteiger partial charge in [0.15, 0.2) is 0 Å². The summed E-state index contributed by atoms with van der Waals surface area (Å²) in [6.07, 6.45) is 1.42. The molecule has 4 rings (SSSR count). The predicted octanol–water partition coefficient (Wildman–Crippen LogP) is 2.67. The summed E-state index contributed by atoms with van der Waals surface area (Å²) in [6, 6.07) is 8.47. The van der Waals surface area contributed by atoms with Gasteiger partial charge in [-0.1, -0.05) is 18.2 Å². The van der Waals surface area contributed by atoms with Gasteiger partial charge in [0.25, 0.3) is 0 Å². The molecule has 1 fully saturated rings. The largest absolute Gasteiger partial charge is 0.383 e. The molecule has 0 saturated carbocycles. The predicted molar refractivity (Wildman–Crippen MR) is 122 cm³/mol. The van der Waals surface area contributed by atoms with Crippen LogP contribution in [0.15, 0.2) is 30.6 Å². The van der Waals surface area contributed by atoms with Crippen LogP contribution >= 0.6 is 0 Å². The number of nitrogen functional groups attached to an aromatic ring is 1. The second kappa shape index (κ2) is 8.23. The number of piperazine rings is 1. The third kappa shape index (κ3) is 3.91. The van der Waals surface area contributed by atoms with Gasteiger partial charge in [-0.15, -0.1) is 0 Å². The topological polar surface area (TPSA) is 107 Å². The van der Waals surface area contributed by atoms with Gasteiger partial charge in [0.05, 0.1) is 11.1 Å². The minimum atomic E-state index is 0.312. The average molecular weight is 405 g/mol. The van der Waals surface area contributed by atoms with Crippen LogP contribution in [0.4, 0.5) is 17.5 Å². The minimum absolute atomic E-state index is 0.312. The highest BCUT2D eigenvalue weighted by atomic mass is 15.3. The van der Waals surface area contributed by atoms with E-state index < -0.39 is 0 Å². The Hall–Kier alpha value is -3.26. The maximum atomic E-state index is 8.03. The molecule has 0 unspecified atom stereocenters. The second-order valence-corrected chi connectivity index (χ2v) is 7.87. The van der Waals surface area contributed by atoms with Crippen LogP contribution in [0.5, 0.6) is 0 Å². The fourth-order valence-corrected chi connectivity index (χ4v) is 3.88. The molecule has 156 valence electrons. The van der Waals surface area contributed by atoms with Gasteiger partial charge >= 0.3 is 0 Å². The molecule has 0 bridgehead atoms. The summed E-state index contributed by atoms with van der Waals surface area (Å²) in [5.41, 5.74) is 10.2. The molecule has 30 heavy (non-hydrogen) atoms. The summed E-state index contributed by atoms with van der Waals surface area (Å²) in [7, 11) is 2.15. The number of anilines is 3. The summed E-state index contributed by atoms with van der Waals surface area (Å²) in [6.45, 7) is 8.24. The zero-order chi connectivity index (χ0) is 21.3. The number of hydrogen-bond acceptors (Lipinski definition) is 8. The van der Waals surface area contributed by atoms with Crippen LogP contribution in [0.3, 0.4) is 0 Å². The van der Waals surface area contributed by atoms with Gasteiger partial charge in [0.1, 0.15) is 23.8 Å². The van der Waals surface area contributed by atoms with Gasteiger partial charge in [0.2, 0.25) is 0 Å². The van der Waals surface area contributed by atoms with Crippen LogP contribution in [0.25, 0.3) is 10.9 Å². The number of fused-ring (bicyclic) bond motifs is 1. The third-order valence-corrected chi connectivity index (χ3v) is 5.60. The Balaban J connectivity index is 1.72. The fourth-order valence-electron chi connectivity index (χ4n) is 3.88. The van der Waals surface area contributed by atoms with Gasteiger partial charge in [-0.3, -0.25) is 0 Å². The monoisotopic (exact) mass is 404 g/mol. The molecule has 3 aromatic rings. The number of aryl methyl sites for hydroxylation is 1. The van der Waals surface area contributed by atoms with E-state index in [-0.39, 0.29) is 0 Å². The van der Waals surface area contributed by atoms with Gasteiger partial charge in [-0.2, -0.15) is 0 Å². The highest BCUT2D eigenvalue weighted by molar-refractivity contribution is 6.04. The number of aromatic nitrogens is 3. The van der Waals surface area contributed by atoms with Gasteiger partial charge in [0, 0.05) is 49.4 Å². The molecule has 2 aromatic heterocycles. The van der Waals surface area contributed by atoms with Crippen molar-refractivity contribution in [1.82, 2.24) is 19.9 Å². The van der Waals surface area contributed by atoms with Crippen LogP contribution in [-0.2, 0) is 6.54 Å². The molecule has 1 aliphatic heterocycles. The molecule has 0 amide bonds. The molecule has 4 N–H and O–H groups in total. The summed E-state index contributed by atoms with van der Waals surface area (Å²) < 4.78 is 0. The van der Waals surface area contributed by atoms with Gasteiger partial charge in [-0.05, 0) is 32.5 Å². The van der Waals surface area contributed by atoms with E-state index in [1.165, 1.54) is 11.9 Å². The lowest BCUT2D eigenvalue weighted by Gasteiger charge is -2.34. The lowest BCUT2D eigenvalue weighted by Crippen LogP contribution is -2.45. The number of nitrogens with two attached hydrogens (primary N) is 1. The molecule has 3 heterocycles. The highest BCUT2D eigenvalue weighted by Crippen LogP contribution is 2.28. The maximum Gasteiger partial charge on any atom is 0.140 e. The average Bonchev–Trinajstić information content (AvgIpc) is 2.72. The first-order valence-corrected chi connectivity index (χ1v) is 10.2. The molecule has 0 radical (unpaired) electrons. The summed E-state index contributed by atoms with van der Waals surface area (Å²) >= 11 is 0. The Morgan fingerprint density at radius 2 is 1.97 bits per heavy atom. The van der Waals surface area contributed by atoms with E-state index in [2.05, 4.69) is 63.3 Å². The molecule has 1 aromatic carbocycles. The van der Waals surface area contributed by atoms with Gasteiger partial charge in [-0.25, -0.2) is 15.0 Å². The van der Waals surface area contributed by atoms with Crippen molar-refractivity contribution in [1.29, 1.82) is 5.41 Å². The number of nitrogens with one attached hydrogen (secondary N) is 2. The second-order valence-electron chi connectivity index (χ2n) is 7.87. The van der Waals surface area contributed by atoms with Crippen molar-refractivity contribution >= 4 is 34.1 Å². The number of nitrogens with zero attached hydrogens (tertiary/aromatic N) is 5. The van der Waals surface area contributed by atoms with Crippen molar-refractivity contribution in [3.63, 3.8) is 0 Å². The Morgan fingerprint density at radius 3 is 2.70 bits per heavy atom. The normalized spacial score (nSPS) is 14.8.